The zero-order valence-corrected chi connectivity index (χ0v) is 15.7. The molecule has 0 spiro atoms. The van der Waals surface area contributed by atoms with Gasteiger partial charge in [-0.15, -0.1) is 0 Å². The smallest absolute Gasteiger partial charge is 0.291 e. The Hall–Kier alpha value is -3.00. The van der Waals surface area contributed by atoms with Gasteiger partial charge in [0.05, 0.1) is 5.52 Å². The van der Waals surface area contributed by atoms with Gasteiger partial charge in [-0.1, -0.05) is 11.6 Å². The number of amides is 1. The molecule has 140 valence electrons. The number of hydrogen-bond acceptors (Lipinski definition) is 6. The first kappa shape index (κ1) is 17.4. The van der Waals surface area contributed by atoms with Crippen LogP contribution in [-0.4, -0.2) is 56.6 Å². The summed E-state index contributed by atoms with van der Waals surface area (Å²) in [6.07, 6.45) is 0. The van der Waals surface area contributed by atoms with E-state index in [1.807, 2.05) is 38.1 Å². The highest BCUT2D eigenvalue weighted by atomic mass is 16.2. The van der Waals surface area contributed by atoms with E-state index < -0.39 is 0 Å². The van der Waals surface area contributed by atoms with E-state index in [9.17, 15) is 4.79 Å². The van der Waals surface area contributed by atoms with Crippen LogP contribution in [0.4, 0.5) is 11.6 Å². The van der Waals surface area contributed by atoms with E-state index in [0.717, 1.165) is 28.7 Å². The summed E-state index contributed by atoms with van der Waals surface area (Å²) in [6.45, 7) is 8.09. The number of aryl methyl sites for hydroxylation is 2. The quantitative estimate of drug-likeness (QED) is 0.658. The number of fused-ring (bicyclic) bond motifs is 1. The molecule has 27 heavy (non-hydrogen) atoms. The van der Waals surface area contributed by atoms with E-state index in [2.05, 4.69) is 37.7 Å². The third kappa shape index (κ3) is 3.61. The van der Waals surface area contributed by atoms with Crippen molar-refractivity contribution in [2.24, 2.45) is 0 Å². The largest absolute Gasteiger partial charge is 0.333 e. The van der Waals surface area contributed by atoms with E-state index in [0.29, 0.717) is 24.7 Å². The second-order valence-electron chi connectivity index (χ2n) is 7.08. The number of carbonyl (C=O) groups excluding carboxylic acids is 1. The molecule has 0 unspecified atom stereocenters. The van der Waals surface area contributed by atoms with Crippen molar-refractivity contribution < 1.29 is 4.79 Å². The minimum Gasteiger partial charge on any atom is -0.333 e. The fourth-order valence-corrected chi connectivity index (χ4v) is 3.29. The van der Waals surface area contributed by atoms with Crippen LogP contribution < -0.4 is 10.6 Å². The third-order valence-electron chi connectivity index (χ3n) is 4.65. The fourth-order valence-electron chi connectivity index (χ4n) is 3.29. The molecule has 1 amide bonds. The number of carbonyl (C=O) groups is 1. The molecular formula is C19H23N7O. The number of aromatic nitrogens is 4. The molecule has 0 bridgehead atoms. The molecule has 2 aromatic heterocycles. The topological polar surface area (TPSA) is 98.8 Å². The average Bonchev–Trinajstić information content (AvgIpc) is 3.06. The molecule has 1 atom stereocenters. The average molecular weight is 365 g/mol. The standard InChI is InChI=1S/C19H23N7O/c1-11-4-5-15-14(8-11)17(22-16-9-12(2)24-25-16)23-18(21-15)19(27)26-7-6-20-13(3)10-26/h4-5,8-9,13,20H,6-7,10H2,1-3H3,(H2,21,22,23,24,25)/t13-/m0/s1. The first-order chi connectivity index (χ1) is 13.0. The summed E-state index contributed by atoms with van der Waals surface area (Å²) in [5.41, 5.74) is 2.78. The number of hydrogen-bond donors (Lipinski definition) is 3. The van der Waals surface area contributed by atoms with Crippen LogP contribution in [0, 0.1) is 13.8 Å². The second kappa shape index (κ2) is 6.96. The number of rotatable bonds is 3. The SMILES string of the molecule is Cc1ccc2nc(C(=O)N3CCN[C@@H](C)C3)nc(Nc3cc(C)[nH]n3)c2c1. The molecule has 1 aliphatic heterocycles. The fraction of sp³-hybridized carbons (Fsp3) is 0.368. The van der Waals surface area contributed by atoms with Crippen molar-refractivity contribution in [3.8, 4) is 0 Å². The van der Waals surface area contributed by atoms with Crippen LogP contribution in [0.5, 0.6) is 0 Å². The maximum Gasteiger partial charge on any atom is 0.291 e. The summed E-state index contributed by atoms with van der Waals surface area (Å²) >= 11 is 0. The van der Waals surface area contributed by atoms with Crippen LogP contribution in [0.3, 0.4) is 0 Å². The summed E-state index contributed by atoms with van der Waals surface area (Å²) in [5.74, 6) is 1.30. The summed E-state index contributed by atoms with van der Waals surface area (Å²) in [6, 6.07) is 8.07. The van der Waals surface area contributed by atoms with Crippen LogP contribution in [0.15, 0.2) is 24.3 Å². The lowest BCUT2D eigenvalue weighted by Gasteiger charge is -2.31. The molecule has 3 N–H and O–H groups in total. The molecule has 0 radical (unpaired) electrons. The summed E-state index contributed by atoms with van der Waals surface area (Å²) in [5, 5.41) is 14.5. The van der Waals surface area contributed by atoms with E-state index in [-0.39, 0.29) is 17.8 Å². The normalized spacial score (nSPS) is 17.3. The summed E-state index contributed by atoms with van der Waals surface area (Å²) < 4.78 is 0. The van der Waals surface area contributed by atoms with Gasteiger partial charge < -0.3 is 15.5 Å². The van der Waals surface area contributed by atoms with Gasteiger partial charge in [-0.25, -0.2) is 9.97 Å². The number of anilines is 2. The second-order valence-corrected chi connectivity index (χ2v) is 7.08. The number of H-pyrrole nitrogens is 1. The Bertz CT molecular complexity index is 997. The van der Waals surface area contributed by atoms with Gasteiger partial charge in [0.25, 0.3) is 5.91 Å². The Balaban J connectivity index is 1.75. The number of aromatic amines is 1. The van der Waals surface area contributed by atoms with Gasteiger partial charge in [0, 0.05) is 42.8 Å². The van der Waals surface area contributed by atoms with Gasteiger partial charge in [-0.3, -0.25) is 9.89 Å². The zero-order valence-electron chi connectivity index (χ0n) is 15.7. The maximum absolute atomic E-state index is 13.0. The number of nitrogens with zero attached hydrogens (tertiary/aromatic N) is 4. The third-order valence-corrected chi connectivity index (χ3v) is 4.65. The zero-order chi connectivity index (χ0) is 19.0. The van der Waals surface area contributed by atoms with Crippen molar-refractivity contribution in [2.75, 3.05) is 25.0 Å². The first-order valence-electron chi connectivity index (χ1n) is 9.10. The number of benzene rings is 1. The summed E-state index contributed by atoms with van der Waals surface area (Å²) in [4.78, 5) is 23.9. The molecule has 8 nitrogen and oxygen atoms in total. The van der Waals surface area contributed by atoms with Crippen LogP contribution in [-0.2, 0) is 0 Å². The highest BCUT2D eigenvalue weighted by Gasteiger charge is 2.25. The number of piperazine rings is 1. The molecular weight excluding hydrogens is 342 g/mol. The van der Waals surface area contributed by atoms with E-state index >= 15 is 0 Å². The van der Waals surface area contributed by atoms with Crippen molar-refractivity contribution in [2.45, 2.75) is 26.8 Å². The Kier molecular flexibility index (Phi) is 4.49. The molecule has 3 heterocycles. The lowest BCUT2D eigenvalue weighted by atomic mass is 10.1. The molecule has 4 rings (SSSR count). The molecule has 1 aliphatic rings. The Morgan fingerprint density at radius 1 is 1.26 bits per heavy atom. The van der Waals surface area contributed by atoms with Gasteiger partial charge in [-0.05, 0) is 32.9 Å². The molecule has 8 heteroatoms. The van der Waals surface area contributed by atoms with Gasteiger partial charge in [0.15, 0.2) is 5.82 Å². The highest BCUT2D eigenvalue weighted by Crippen LogP contribution is 2.25. The van der Waals surface area contributed by atoms with Crippen molar-refractivity contribution in [3.05, 3.63) is 41.3 Å². The molecule has 0 aliphatic carbocycles. The maximum atomic E-state index is 13.0. The highest BCUT2D eigenvalue weighted by molar-refractivity contribution is 5.97. The van der Waals surface area contributed by atoms with Crippen molar-refractivity contribution >= 4 is 28.4 Å². The van der Waals surface area contributed by atoms with Gasteiger partial charge in [0.1, 0.15) is 5.82 Å². The van der Waals surface area contributed by atoms with E-state index in [1.54, 1.807) is 4.90 Å². The Labute approximate surface area is 157 Å². The monoisotopic (exact) mass is 365 g/mol. The Morgan fingerprint density at radius 3 is 2.85 bits per heavy atom. The van der Waals surface area contributed by atoms with Crippen molar-refractivity contribution in [3.63, 3.8) is 0 Å². The van der Waals surface area contributed by atoms with Gasteiger partial charge in [0.2, 0.25) is 5.82 Å². The molecule has 3 aromatic rings. The predicted molar refractivity (Wildman–Crippen MR) is 104 cm³/mol. The lowest BCUT2D eigenvalue weighted by molar-refractivity contribution is 0.0697. The van der Waals surface area contributed by atoms with Crippen molar-refractivity contribution in [1.29, 1.82) is 0 Å². The van der Waals surface area contributed by atoms with Crippen LogP contribution in [0.2, 0.25) is 0 Å². The predicted octanol–water partition coefficient (Wildman–Crippen LogP) is 2.15. The van der Waals surface area contributed by atoms with Crippen LogP contribution >= 0.6 is 0 Å². The van der Waals surface area contributed by atoms with Gasteiger partial charge in [-0.2, -0.15) is 5.10 Å². The molecule has 1 aromatic carbocycles. The first-order valence-corrected chi connectivity index (χ1v) is 9.10. The molecule has 1 saturated heterocycles. The Morgan fingerprint density at radius 2 is 2.11 bits per heavy atom. The lowest BCUT2D eigenvalue weighted by Crippen LogP contribution is -2.51. The van der Waals surface area contributed by atoms with Crippen LogP contribution in [0.1, 0.15) is 28.8 Å². The van der Waals surface area contributed by atoms with E-state index in [1.165, 1.54) is 0 Å². The van der Waals surface area contributed by atoms with E-state index in [4.69, 9.17) is 0 Å². The van der Waals surface area contributed by atoms with Crippen molar-refractivity contribution in [1.82, 2.24) is 30.4 Å². The molecule has 0 saturated carbocycles. The molecule has 1 fully saturated rings. The summed E-state index contributed by atoms with van der Waals surface area (Å²) in [7, 11) is 0. The minimum absolute atomic E-state index is 0.146. The van der Waals surface area contributed by atoms with Gasteiger partial charge >= 0.3 is 0 Å². The van der Waals surface area contributed by atoms with Crippen LogP contribution in [0.25, 0.3) is 10.9 Å². The number of nitrogens with one attached hydrogen (secondary N) is 3. The minimum atomic E-state index is -0.146.